The van der Waals surface area contributed by atoms with Crippen LogP contribution in [-0.4, -0.2) is 4.98 Å². The van der Waals surface area contributed by atoms with E-state index in [4.69, 9.17) is 16.0 Å². The molecule has 2 heterocycles. The smallest absolute Gasteiger partial charge is 0.134 e. The third-order valence-electron chi connectivity index (χ3n) is 3.63. The van der Waals surface area contributed by atoms with Crippen molar-refractivity contribution in [2.24, 2.45) is 0 Å². The van der Waals surface area contributed by atoms with E-state index >= 15 is 0 Å². The van der Waals surface area contributed by atoms with Gasteiger partial charge in [0.05, 0.1) is 5.38 Å². The van der Waals surface area contributed by atoms with Gasteiger partial charge in [-0.2, -0.15) is 0 Å². The third-order valence-corrected chi connectivity index (χ3v) is 4.23. The monoisotopic (exact) mass is 285 g/mol. The zero-order valence-corrected chi connectivity index (χ0v) is 12.3. The molecule has 2 unspecified atom stereocenters. The SMILES string of the molecule is Cc1ccc2oc(C(Cl)C(C)c3ccncc3)cc2c1. The first-order valence-corrected chi connectivity index (χ1v) is 7.13. The standard InChI is InChI=1S/C17H16ClNO/c1-11-3-4-15-14(9-11)10-16(20-15)17(18)12(2)13-5-7-19-8-6-13/h3-10,12,17H,1-2H3. The summed E-state index contributed by atoms with van der Waals surface area (Å²) >= 11 is 6.59. The van der Waals surface area contributed by atoms with Crippen LogP contribution in [0.5, 0.6) is 0 Å². The molecular weight excluding hydrogens is 270 g/mol. The fourth-order valence-electron chi connectivity index (χ4n) is 2.40. The van der Waals surface area contributed by atoms with Crippen molar-refractivity contribution in [3.05, 3.63) is 65.7 Å². The van der Waals surface area contributed by atoms with Crippen molar-refractivity contribution in [1.82, 2.24) is 4.98 Å². The lowest BCUT2D eigenvalue weighted by Crippen LogP contribution is -2.01. The second kappa shape index (κ2) is 5.29. The summed E-state index contributed by atoms with van der Waals surface area (Å²) in [6, 6.07) is 12.2. The number of aryl methyl sites for hydroxylation is 1. The summed E-state index contributed by atoms with van der Waals surface area (Å²) in [6.45, 7) is 4.18. The molecule has 0 radical (unpaired) electrons. The van der Waals surface area contributed by atoms with Crippen molar-refractivity contribution in [3.63, 3.8) is 0 Å². The maximum atomic E-state index is 6.59. The minimum Gasteiger partial charge on any atom is -0.459 e. The zero-order chi connectivity index (χ0) is 14.1. The molecule has 0 aliphatic heterocycles. The molecule has 0 amide bonds. The van der Waals surface area contributed by atoms with Crippen LogP contribution in [0.3, 0.4) is 0 Å². The molecule has 20 heavy (non-hydrogen) atoms. The number of fused-ring (bicyclic) bond motifs is 1. The number of hydrogen-bond acceptors (Lipinski definition) is 2. The van der Waals surface area contributed by atoms with Crippen molar-refractivity contribution in [2.75, 3.05) is 0 Å². The van der Waals surface area contributed by atoms with Crippen LogP contribution in [0.4, 0.5) is 0 Å². The number of nitrogens with zero attached hydrogens (tertiary/aromatic N) is 1. The fraction of sp³-hybridized carbons (Fsp3) is 0.235. The predicted octanol–water partition coefficient (Wildman–Crippen LogP) is 5.22. The average molecular weight is 286 g/mol. The van der Waals surface area contributed by atoms with Gasteiger partial charge in [-0.25, -0.2) is 0 Å². The Hall–Kier alpha value is -1.80. The van der Waals surface area contributed by atoms with Gasteiger partial charge in [0, 0.05) is 23.7 Å². The Morgan fingerprint density at radius 2 is 1.85 bits per heavy atom. The minimum atomic E-state index is -0.190. The molecule has 2 aromatic heterocycles. The Morgan fingerprint density at radius 1 is 1.10 bits per heavy atom. The van der Waals surface area contributed by atoms with Crippen molar-refractivity contribution < 1.29 is 4.42 Å². The Bertz CT molecular complexity index is 720. The van der Waals surface area contributed by atoms with Crippen molar-refractivity contribution in [2.45, 2.75) is 25.1 Å². The molecule has 0 saturated heterocycles. The number of alkyl halides is 1. The van der Waals surface area contributed by atoms with E-state index in [0.717, 1.165) is 22.3 Å². The van der Waals surface area contributed by atoms with E-state index in [2.05, 4.69) is 24.9 Å². The van der Waals surface area contributed by atoms with Crippen LogP contribution >= 0.6 is 11.6 Å². The first kappa shape index (κ1) is 13.2. The number of benzene rings is 1. The molecule has 2 atom stereocenters. The van der Waals surface area contributed by atoms with E-state index < -0.39 is 0 Å². The second-order valence-electron chi connectivity index (χ2n) is 5.16. The molecule has 0 saturated carbocycles. The maximum absolute atomic E-state index is 6.59. The lowest BCUT2D eigenvalue weighted by molar-refractivity contribution is 0.516. The molecule has 3 rings (SSSR count). The van der Waals surface area contributed by atoms with Gasteiger partial charge < -0.3 is 4.42 Å². The normalized spacial score (nSPS) is 14.3. The van der Waals surface area contributed by atoms with Crippen LogP contribution in [-0.2, 0) is 0 Å². The summed E-state index contributed by atoms with van der Waals surface area (Å²) < 4.78 is 5.88. The highest BCUT2D eigenvalue weighted by atomic mass is 35.5. The number of rotatable bonds is 3. The summed E-state index contributed by atoms with van der Waals surface area (Å²) in [5.41, 5.74) is 3.27. The summed E-state index contributed by atoms with van der Waals surface area (Å²) in [7, 11) is 0. The predicted molar refractivity (Wildman–Crippen MR) is 82.2 cm³/mol. The van der Waals surface area contributed by atoms with E-state index in [9.17, 15) is 0 Å². The van der Waals surface area contributed by atoms with E-state index in [1.54, 1.807) is 12.4 Å². The van der Waals surface area contributed by atoms with Crippen molar-refractivity contribution in [1.29, 1.82) is 0 Å². The molecular formula is C17H16ClNO. The van der Waals surface area contributed by atoms with Crippen LogP contribution in [0, 0.1) is 6.92 Å². The zero-order valence-electron chi connectivity index (χ0n) is 11.5. The van der Waals surface area contributed by atoms with Gasteiger partial charge in [-0.3, -0.25) is 4.98 Å². The summed E-state index contributed by atoms with van der Waals surface area (Å²) in [4.78, 5) is 4.04. The number of pyridine rings is 1. The molecule has 0 bridgehead atoms. The van der Waals surface area contributed by atoms with Crippen LogP contribution in [0.2, 0.25) is 0 Å². The molecule has 0 aliphatic rings. The largest absolute Gasteiger partial charge is 0.459 e. The fourth-order valence-corrected chi connectivity index (χ4v) is 2.65. The highest BCUT2D eigenvalue weighted by Gasteiger charge is 2.22. The average Bonchev–Trinajstić information content (AvgIpc) is 2.89. The molecule has 3 aromatic rings. The molecule has 3 heteroatoms. The highest BCUT2D eigenvalue weighted by Crippen LogP contribution is 2.38. The first-order chi connectivity index (χ1) is 9.65. The molecule has 0 N–H and O–H groups in total. The Balaban J connectivity index is 1.94. The van der Waals surface area contributed by atoms with Gasteiger partial charge in [0.15, 0.2) is 0 Å². The van der Waals surface area contributed by atoms with E-state index in [0.29, 0.717) is 0 Å². The van der Waals surface area contributed by atoms with Gasteiger partial charge in [0.25, 0.3) is 0 Å². The Labute approximate surface area is 123 Å². The number of aromatic nitrogens is 1. The third kappa shape index (κ3) is 2.44. The minimum absolute atomic E-state index is 0.168. The molecule has 2 nitrogen and oxygen atoms in total. The van der Waals surface area contributed by atoms with Gasteiger partial charge in [0.1, 0.15) is 11.3 Å². The number of hydrogen-bond donors (Lipinski definition) is 0. The summed E-state index contributed by atoms with van der Waals surface area (Å²) in [5, 5.41) is 0.915. The van der Waals surface area contributed by atoms with Gasteiger partial charge in [-0.1, -0.05) is 18.6 Å². The van der Waals surface area contributed by atoms with Crippen LogP contribution in [0.25, 0.3) is 11.0 Å². The first-order valence-electron chi connectivity index (χ1n) is 6.69. The molecule has 0 aliphatic carbocycles. The molecule has 0 spiro atoms. The van der Waals surface area contributed by atoms with Gasteiger partial charge in [-0.15, -0.1) is 11.6 Å². The van der Waals surface area contributed by atoms with Gasteiger partial charge in [-0.05, 0) is 42.8 Å². The molecule has 102 valence electrons. The van der Waals surface area contributed by atoms with E-state index in [1.165, 1.54) is 5.56 Å². The van der Waals surface area contributed by atoms with Gasteiger partial charge >= 0.3 is 0 Å². The van der Waals surface area contributed by atoms with E-state index in [-0.39, 0.29) is 11.3 Å². The summed E-state index contributed by atoms with van der Waals surface area (Å²) in [5.74, 6) is 0.984. The van der Waals surface area contributed by atoms with Crippen molar-refractivity contribution in [3.8, 4) is 0 Å². The quantitative estimate of drug-likeness (QED) is 0.617. The Kier molecular flexibility index (Phi) is 3.49. The van der Waals surface area contributed by atoms with Crippen LogP contribution in [0.1, 0.15) is 35.1 Å². The van der Waals surface area contributed by atoms with Crippen molar-refractivity contribution >= 4 is 22.6 Å². The maximum Gasteiger partial charge on any atom is 0.134 e. The second-order valence-corrected chi connectivity index (χ2v) is 5.63. The van der Waals surface area contributed by atoms with E-state index in [1.807, 2.05) is 30.3 Å². The number of halogens is 1. The topological polar surface area (TPSA) is 26.0 Å². The molecule has 1 aromatic carbocycles. The molecule has 0 fully saturated rings. The van der Waals surface area contributed by atoms with Gasteiger partial charge in [0.2, 0.25) is 0 Å². The van der Waals surface area contributed by atoms with Crippen LogP contribution < -0.4 is 0 Å². The van der Waals surface area contributed by atoms with Crippen LogP contribution in [0.15, 0.2) is 53.2 Å². The summed E-state index contributed by atoms with van der Waals surface area (Å²) in [6.07, 6.45) is 3.58. The highest BCUT2D eigenvalue weighted by molar-refractivity contribution is 6.21. The lowest BCUT2D eigenvalue weighted by Gasteiger charge is -2.15. The lowest BCUT2D eigenvalue weighted by atomic mass is 9.97. The number of furan rings is 1. The Morgan fingerprint density at radius 3 is 2.60 bits per heavy atom.